The maximum atomic E-state index is 5.58. The molecule has 0 aliphatic carbocycles. The molecule has 0 spiro atoms. The lowest BCUT2D eigenvalue weighted by atomic mass is 10.0. The molecule has 1 aliphatic rings. The van der Waals surface area contributed by atoms with Gasteiger partial charge in [0.15, 0.2) is 0 Å². The van der Waals surface area contributed by atoms with E-state index in [1.807, 2.05) is 19.1 Å². The molecule has 0 saturated carbocycles. The van der Waals surface area contributed by atoms with Crippen molar-refractivity contribution in [2.24, 2.45) is 0 Å². The molecule has 1 unspecified atom stereocenters. The summed E-state index contributed by atoms with van der Waals surface area (Å²) < 4.78 is 11.1. The molecule has 2 atom stereocenters. The van der Waals surface area contributed by atoms with Gasteiger partial charge in [0.2, 0.25) is 0 Å². The molecular formula is C11H18O2. The predicted molar refractivity (Wildman–Crippen MR) is 53.5 cm³/mol. The number of hydrogen-bond donors (Lipinski definition) is 0. The van der Waals surface area contributed by atoms with E-state index in [9.17, 15) is 0 Å². The van der Waals surface area contributed by atoms with Crippen molar-refractivity contribution < 1.29 is 9.47 Å². The van der Waals surface area contributed by atoms with Crippen LogP contribution in [0.25, 0.3) is 0 Å². The summed E-state index contributed by atoms with van der Waals surface area (Å²) in [6, 6.07) is 0. The standard InChI is InChI=1S/C11H18O2/c1-3-5-7-11-10(12-4-2)8-6-9-13-11/h3,6,9-11H,1,4-5,7-8H2,2H3/t10-,11?/m0/s1. The Bertz CT molecular complexity index is 175. The molecule has 0 saturated heterocycles. The van der Waals surface area contributed by atoms with Crippen molar-refractivity contribution in [1.82, 2.24) is 0 Å². The maximum absolute atomic E-state index is 5.58. The molecule has 0 aromatic carbocycles. The quantitative estimate of drug-likeness (QED) is 0.608. The first kappa shape index (κ1) is 10.3. The Labute approximate surface area is 80.2 Å². The monoisotopic (exact) mass is 182 g/mol. The fourth-order valence-corrected chi connectivity index (χ4v) is 1.51. The van der Waals surface area contributed by atoms with E-state index >= 15 is 0 Å². The Balaban J connectivity index is 2.38. The summed E-state index contributed by atoms with van der Waals surface area (Å²) in [5.74, 6) is 0. The van der Waals surface area contributed by atoms with Gasteiger partial charge in [-0.3, -0.25) is 0 Å². The minimum absolute atomic E-state index is 0.211. The fourth-order valence-electron chi connectivity index (χ4n) is 1.51. The first-order valence-corrected chi connectivity index (χ1v) is 4.91. The van der Waals surface area contributed by atoms with Gasteiger partial charge in [0.25, 0.3) is 0 Å². The van der Waals surface area contributed by atoms with E-state index in [0.29, 0.717) is 0 Å². The summed E-state index contributed by atoms with van der Waals surface area (Å²) >= 11 is 0. The van der Waals surface area contributed by atoms with Crippen molar-refractivity contribution in [3.8, 4) is 0 Å². The number of hydrogen-bond acceptors (Lipinski definition) is 2. The van der Waals surface area contributed by atoms with Crippen LogP contribution in [0, 0.1) is 0 Å². The van der Waals surface area contributed by atoms with Gasteiger partial charge in [-0.1, -0.05) is 6.08 Å². The van der Waals surface area contributed by atoms with Crippen molar-refractivity contribution in [3.05, 3.63) is 25.0 Å². The highest BCUT2D eigenvalue weighted by Gasteiger charge is 2.23. The summed E-state index contributed by atoms with van der Waals surface area (Å²) in [6.07, 6.45) is 9.12. The minimum atomic E-state index is 0.211. The van der Waals surface area contributed by atoms with Crippen molar-refractivity contribution in [2.75, 3.05) is 6.61 Å². The van der Waals surface area contributed by atoms with Gasteiger partial charge in [0.05, 0.1) is 12.4 Å². The number of allylic oxidation sites excluding steroid dienone is 1. The van der Waals surface area contributed by atoms with E-state index in [1.165, 1.54) is 0 Å². The van der Waals surface area contributed by atoms with E-state index in [4.69, 9.17) is 9.47 Å². The summed E-state index contributed by atoms with van der Waals surface area (Å²) in [4.78, 5) is 0. The van der Waals surface area contributed by atoms with Gasteiger partial charge in [0.1, 0.15) is 6.10 Å². The lowest BCUT2D eigenvalue weighted by molar-refractivity contribution is -0.0490. The van der Waals surface area contributed by atoms with Crippen LogP contribution in [0.1, 0.15) is 26.2 Å². The highest BCUT2D eigenvalue weighted by atomic mass is 16.5. The molecule has 0 radical (unpaired) electrons. The van der Waals surface area contributed by atoms with Crippen molar-refractivity contribution >= 4 is 0 Å². The Morgan fingerprint density at radius 1 is 1.69 bits per heavy atom. The molecule has 1 rings (SSSR count). The Morgan fingerprint density at radius 2 is 2.54 bits per heavy atom. The van der Waals surface area contributed by atoms with Gasteiger partial charge in [-0.05, 0) is 32.3 Å². The zero-order chi connectivity index (χ0) is 9.52. The van der Waals surface area contributed by atoms with Crippen LogP contribution in [0.5, 0.6) is 0 Å². The highest BCUT2D eigenvalue weighted by molar-refractivity contribution is 4.90. The number of rotatable bonds is 5. The Hall–Kier alpha value is -0.760. The van der Waals surface area contributed by atoms with Gasteiger partial charge in [-0.15, -0.1) is 6.58 Å². The smallest absolute Gasteiger partial charge is 0.124 e. The molecule has 0 aromatic rings. The average Bonchev–Trinajstić information content (AvgIpc) is 2.17. The van der Waals surface area contributed by atoms with Crippen LogP contribution in [0.3, 0.4) is 0 Å². The molecule has 0 N–H and O–H groups in total. The Kier molecular flexibility index (Phi) is 4.61. The SMILES string of the molecule is C=CCCC1OC=CC[C@@H]1OCC. The first-order chi connectivity index (χ1) is 6.38. The maximum Gasteiger partial charge on any atom is 0.124 e. The zero-order valence-electron chi connectivity index (χ0n) is 8.24. The lowest BCUT2D eigenvalue weighted by Crippen LogP contribution is -2.32. The summed E-state index contributed by atoms with van der Waals surface area (Å²) in [5.41, 5.74) is 0. The third-order valence-electron chi connectivity index (χ3n) is 2.17. The third kappa shape index (κ3) is 3.23. The van der Waals surface area contributed by atoms with Crippen LogP contribution in [-0.4, -0.2) is 18.8 Å². The molecule has 0 aromatic heterocycles. The molecule has 2 nitrogen and oxygen atoms in total. The topological polar surface area (TPSA) is 18.5 Å². The summed E-state index contributed by atoms with van der Waals surface area (Å²) in [7, 11) is 0. The van der Waals surface area contributed by atoms with Crippen molar-refractivity contribution in [3.63, 3.8) is 0 Å². The van der Waals surface area contributed by atoms with Crippen LogP contribution in [0.15, 0.2) is 25.0 Å². The number of ether oxygens (including phenoxy) is 2. The van der Waals surface area contributed by atoms with Gasteiger partial charge in [0, 0.05) is 6.61 Å². The zero-order valence-corrected chi connectivity index (χ0v) is 8.24. The molecule has 13 heavy (non-hydrogen) atoms. The van der Waals surface area contributed by atoms with Gasteiger partial charge in [-0.2, -0.15) is 0 Å². The molecule has 1 aliphatic heterocycles. The van der Waals surface area contributed by atoms with Crippen molar-refractivity contribution in [1.29, 1.82) is 0 Å². The second-order valence-electron chi connectivity index (χ2n) is 3.14. The van der Waals surface area contributed by atoms with Crippen LogP contribution >= 0.6 is 0 Å². The van der Waals surface area contributed by atoms with E-state index in [-0.39, 0.29) is 12.2 Å². The predicted octanol–water partition coefficient (Wildman–Crippen LogP) is 2.66. The summed E-state index contributed by atoms with van der Waals surface area (Å²) in [6.45, 7) is 6.47. The first-order valence-electron chi connectivity index (χ1n) is 4.91. The minimum Gasteiger partial charge on any atom is -0.496 e. The van der Waals surface area contributed by atoms with Crippen LogP contribution in [0.2, 0.25) is 0 Å². The lowest BCUT2D eigenvalue weighted by Gasteiger charge is -2.28. The van der Waals surface area contributed by atoms with Gasteiger partial charge < -0.3 is 9.47 Å². The molecular weight excluding hydrogens is 164 g/mol. The third-order valence-corrected chi connectivity index (χ3v) is 2.17. The average molecular weight is 182 g/mol. The molecule has 0 fully saturated rings. The Morgan fingerprint density at radius 3 is 3.23 bits per heavy atom. The van der Waals surface area contributed by atoms with Gasteiger partial charge in [-0.25, -0.2) is 0 Å². The van der Waals surface area contributed by atoms with Crippen molar-refractivity contribution in [2.45, 2.75) is 38.4 Å². The normalized spacial score (nSPS) is 26.8. The van der Waals surface area contributed by atoms with E-state index < -0.39 is 0 Å². The second kappa shape index (κ2) is 5.81. The van der Waals surface area contributed by atoms with E-state index in [2.05, 4.69) is 6.58 Å². The van der Waals surface area contributed by atoms with Crippen LogP contribution in [-0.2, 0) is 9.47 Å². The van der Waals surface area contributed by atoms with E-state index in [1.54, 1.807) is 6.26 Å². The molecule has 74 valence electrons. The highest BCUT2D eigenvalue weighted by Crippen LogP contribution is 2.19. The van der Waals surface area contributed by atoms with Crippen LogP contribution in [0.4, 0.5) is 0 Å². The molecule has 0 amide bonds. The van der Waals surface area contributed by atoms with Crippen LogP contribution < -0.4 is 0 Å². The second-order valence-corrected chi connectivity index (χ2v) is 3.14. The van der Waals surface area contributed by atoms with Gasteiger partial charge >= 0.3 is 0 Å². The summed E-state index contributed by atoms with van der Waals surface area (Å²) in [5, 5.41) is 0. The largest absolute Gasteiger partial charge is 0.496 e. The molecule has 0 bridgehead atoms. The fraction of sp³-hybridized carbons (Fsp3) is 0.636. The molecule has 1 heterocycles. The molecule has 2 heteroatoms. The van der Waals surface area contributed by atoms with E-state index in [0.717, 1.165) is 25.9 Å².